The third-order valence-electron chi connectivity index (χ3n) is 6.65. The van der Waals surface area contributed by atoms with Crippen molar-refractivity contribution >= 4 is 29.8 Å². The molecule has 2 heterocycles. The summed E-state index contributed by atoms with van der Waals surface area (Å²) in [5.74, 6) is -0.229. The highest BCUT2D eigenvalue weighted by molar-refractivity contribution is 6.34. The largest absolute Gasteiger partial charge is 0.294 e. The lowest BCUT2D eigenvalue weighted by atomic mass is 10.1. The van der Waals surface area contributed by atoms with E-state index in [0.717, 1.165) is 44.3 Å². The maximum Gasteiger partial charge on any atom is 0.284 e. The quantitative estimate of drug-likeness (QED) is 0.384. The number of unbranched alkanes of at least 4 members (excludes halogenated alkanes) is 4. The van der Waals surface area contributed by atoms with Gasteiger partial charge in [0.2, 0.25) is 11.9 Å². The number of fused-ring (bicyclic) bond motifs is 1. The Balaban J connectivity index is 1.46. The van der Waals surface area contributed by atoms with Crippen molar-refractivity contribution in [2.75, 3.05) is 6.54 Å². The van der Waals surface area contributed by atoms with Gasteiger partial charge in [0.25, 0.3) is 5.91 Å². The normalized spacial score (nSPS) is 14.6. The van der Waals surface area contributed by atoms with Gasteiger partial charge in [-0.1, -0.05) is 92.3 Å². The molecular formula is C31H37N5O2. The zero-order chi connectivity index (χ0) is 26.9. The Morgan fingerprint density at radius 2 is 1.53 bits per heavy atom. The second-order valence-electron chi connectivity index (χ2n) is 10.2. The van der Waals surface area contributed by atoms with Gasteiger partial charge < -0.3 is 0 Å². The van der Waals surface area contributed by atoms with E-state index in [1.165, 1.54) is 28.7 Å². The van der Waals surface area contributed by atoms with Gasteiger partial charge >= 0.3 is 0 Å². The molecule has 4 rings (SSSR count). The summed E-state index contributed by atoms with van der Waals surface area (Å²) in [7, 11) is 0. The number of aryl methyl sites for hydroxylation is 2. The fourth-order valence-corrected chi connectivity index (χ4v) is 4.81. The number of nitrogens with zero attached hydrogens (tertiary/aromatic N) is 4. The number of hydrogen-bond acceptors (Lipinski definition) is 5. The average molecular weight is 512 g/mol. The molecule has 2 aromatic rings. The van der Waals surface area contributed by atoms with E-state index in [-0.39, 0.29) is 11.9 Å². The minimum absolute atomic E-state index is 0.0297. The highest BCUT2D eigenvalue weighted by Crippen LogP contribution is 2.22. The number of benzene rings is 2. The minimum atomic E-state index is -0.410. The van der Waals surface area contributed by atoms with Crippen molar-refractivity contribution in [1.82, 2.24) is 10.2 Å². The van der Waals surface area contributed by atoms with Crippen molar-refractivity contribution in [3.8, 4) is 0 Å². The van der Waals surface area contributed by atoms with Crippen LogP contribution in [0.1, 0.15) is 67.7 Å². The molecule has 0 saturated carbocycles. The van der Waals surface area contributed by atoms with E-state index in [1.807, 2.05) is 0 Å². The first-order valence-electron chi connectivity index (χ1n) is 13.5. The van der Waals surface area contributed by atoms with Crippen LogP contribution in [0.2, 0.25) is 0 Å². The predicted molar refractivity (Wildman–Crippen MR) is 153 cm³/mol. The van der Waals surface area contributed by atoms with E-state index in [1.54, 1.807) is 6.21 Å². The van der Waals surface area contributed by atoms with Crippen molar-refractivity contribution in [2.24, 2.45) is 15.0 Å². The Kier molecular flexibility index (Phi) is 9.49. The Morgan fingerprint density at radius 1 is 0.868 bits per heavy atom. The summed E-state index contributed by atoms with van der Waals surface area (Å²) in [5.41, 5.74) is 6.05. The first-order chi connectivity index (χ1) is 18.4. The van der Waals surface area contributed by atoms with Gasteiger partial charge in [0.15, 0.2) is 5.84 Å². The third-order valence-corrected chi connectivity index (χ3v) is 6.65. The summed E-state index contributed by atoms with van der Waals surface area (Å²) in [6, 6.07) is 16.9. The van der Waals surface area contributed by atoms with Gasteiger partial charge in [0.1, 0.15) is 0 Å². The molecule has 0 aliphatic carbocycles. The summed E-state index contributed by atoms with van der Waals surface area (Å²) < 4.78 is 0. The number of aliphatic imine (C=N–C) groups is 3. The van der Waals surface area contributed by atoms with E-state index in [4.69, 9.17) is 0 Å². The molecule has 7 nitrogen and oxygen atoms in total. The van der Waals surface area contributed by atoms with Crippen LogP contribution in [0.15, 0.2) is 74.7 Å². The van der Waals surface area contributed by atoms with Gasteiger partial charge in [-0.05, 0) is 31.4 Å². The number of carbonyl (C=O) groups is 2. The molecule has 2 aliphatic rings. The molecule has 0 saturated heterocycles. The van der Waals surface area contributed by atoms with Crippen LogP contribution in [0.25, 0.3) is 0 Å². The first kappa shape index (κ1) is 27.3. The smallest absolute Gasteiger partial charge is 0.284 e. The van der Waals surface area contributed by atoms with Gasteiger partial charge in [-0.3, -0.25) is 19.8 Å². The van der Waals surface area contributed by atoms with Crippen molar-refractivity contribution in [3.05, 3.63) is 81.9 Å². The van der Waals surface area contributed by atoms with E-state index in [2.05, 4.69) is 94.5 Å². The average Bonchev–Trinajstić information content (AvgIpc) is 3.27. The van der Waals surface area contributed by atoms with E-state index >= 15 is 0 Å². The summed E-state index contributed by atoms with van der Waals surface area (Å²) in [6.45, 7) is 8.32. The number of nitrogens with one attached hydrogen (secondary N) is 1. The lowest BCUT2D eigenvalue weighted by molar-refractivity contribution is -0.119. The molecule has 0 atom stereocenters. The number of amidine groups is 1. The van der Waals surface area contributed by atoms with Crippen LogP contribution >= 0.6 is 0 Å². The van der Waals surface area contributed by atoms with E-state index in [0.29, 0.717) is 24.4 Å². The second-order valence-corrected chi connectivity index (χ2v) is 10.2. The first-order valence-corrected chi connectivity index (χ1v) is 13.5. The minimum Gasteiger partial charge on any atom is -0.294 e. The monoisotopic (exact) mass is 511 g/mol. The van der Waals surface area contributed by atoms with Crippen LogP contribution < -0.4 is 5.32 Å². The van der Waals surface area contributed by atoms with Crippen molar-refractivity contribution in [2.45, 2.75) is 72.4 Å². The molecule has 2 aromatic carbocycles. The highest BCUT2D eigenvalue weighted by Gasteiger charge is 2.30. The maximum absolute atomic E-state index is 13.0. The fraction of sp³-hybridized carbons (Fsp3) is 0.387. The standard InChI is InChI=1S/C31H37N5O2/c1-4-5-6-7-8-15-27(37)33-31-34-29-28(30(38)35-31)26(18-32-29)21-36(19-24-13-9-11-22(2)16-24)20-25-14-10-12-23(3)17-25/h9-14,16-18H,4-8,15,19-21H2,1-3H3,(H,33,35,37,38). The van der Waals surface area contributed by atoms with Crippen LogP contribution in [-0.2, 0) is 22.7 Å². The molecule has 0 bridgehead atoms. The Hall–Kier alpha value is -3.71. The topological polar surface area (TPSA) is 86.5 Å². The molecular weight excluding hydrogens is 474 g/mol. The number of rotatable bonds is 12. The second kappa shape index (κ2) is 13.2. The predicted octanol–water partition coefficient (Wildman–Crippen LogP) is 5.46. The van der Waals surface area contributed by atoms with E-state index in [9.17, 15) is 9.59 Å². The molecule has 0 radical (unpaired) electrons. The Morgan fingerprint density at radius 3 is 2.16 bits per heavy atom. The summed E-state index contributed by atoms with van der Waals surface area (Å²) >= 11 is 0. The number of hydrogen-bond donors (Lipinski definition) is 1. The van der Waals surface area contributed by atoms with Gasteiger partial charge in [-0.25, -0.2) is 4.99 Å². The highest BCUT2D eigenvalue weighted by atomic mass is 16.2. The number of carbonyl (C=O) groups excluding carboxylic acids is 2. The van der Waals surface area contributed by atoms with Crippen molar-refractivity contribution in [1.29, 1.82) is 0 Å². The van der Waals surface area contributed by atoms with Crippen molar-refractivity contribution < 1.29 is 9.59 Å². The van der Waals surface area contributed by atoms with Crippen molar-refractivity contribution in [3.63, 3.8) is 0 Å². The van der Waals surface area contributed by atoms with Gasteiger partial charge in [0, 0.05) is 37.8 Å². The summed E-state index contributed by atoms with van der Waals surface area (Å²) in [5, 5.41) is 2.68. The zero-order valence-electron chi connectivity index (χ0n) is 22.7. The SMILES string of the molecule is CCCCCCCC(=O)NC1=NC(=O)C2=C(CN(Cc3cccc(C)c3)Cc3cccc(C)c3)C=NC2=N1. The van der Waals surface area contributed by atoms with Crippen LogP contribution in [0.5, 0.6) is 0 Å². The van der Waals surface area contributed by atoms with Crippen LogP contribution in [-0.4, -0.2) is 41.3 Å². The summed E-state index contributed by atoms with van der Waals surface area (Å²) in [4.78, 5) is 40.5. The summed E-state index contributed by atoms with van der Waals surface area (Å²) in [6.07, 6.45) is 7.40. The van der Waals surface area contributed by atoms with E-state index < -0.39 is 5.91 Å². The molecule has 0 spiro atoms. The third kappa shape index (κ3) is 7.65. The fourth-order valence-electron chi connectivity index (χ4n) is 4.81. The molecule has 1 N–H and O–H groups in total. The lowest BCUT2D eigenvalue weighted by Gasteiger charge is -2.23. The van der Waals surface area contributed by atoms with Crippen LogP contribution in [0.3, 0.4) is 0 Å². The molecule has 7 heteroatoms. The Bertz CT molecular complexity index is 1260. The van der Waals surface area contributed by atoms with Gasteiger partial charge in [-0.2, -0.15) is 9.98 Å². The molecule has 2 amide bonds. The molecule has 0 unspecified atom stereocenters. The number of amides is 2. The van der Waals surface area contributed by atoms with Crippen LogP contribution in [0.4, 0.5) is 0 Å². The molecule has 0 aromatic heterocycles. The Labute approximate surface area is 225 Å². The maximum atomic E-state index is 13.0. The zero-order valence-corrected chi connectivity index (χ0v) is 22.7. The molecule has 38 heavy (non-hydrogen) atoms. The van der Waals surface area contributed by atoms with Crippen LogP contribution in [0, 0.1) is 13.8 Å². The molecule has 0 fully saturated rings. The van der Waals surface area contributed by atoms with Gasteiger partial charge in [-0.15, -0.1) is 0 Å². The molecule has 2 aliphatic heterocycles. The lowest BCUT2D eigenvalue weighted by Crippen LogP contribution is -2.33. The number of guanidine groups is 1. The molecule has 198 valence electrons. The van der Waals surface area contributed by atoms with Gasteiger partial charge in [0.05, 0.1) is 5.57 Å².